The van der Waals surface area contributed by atoms with Crippen molar-refractivity contribution in [3.63, 3.8) is 0 Å². The van der Waals surface area contributed by atoms with Gasteiger partial charge in [0, 0.05) is 12.2 Å². The van der Waals surface area contributed by atoms with Gasteiger partial charge in [-0.15, -0.1) is 0 Å². The fourth-order valence-corrected chi connectivity index (χ4v) is 3.80. The molecule has 132 valence electrons. The van der Waals surface area contributed by atoms with Gasteiger partial charge < -0.3 is 4.90 Å². The van der Waals surface area contributed by atoms with Crippen LogP contribution in [0.25, 0.3) is 0 Å². The summed E-state index contributed by atoms with van der Waals surface area (Å²) in [6, 6.07) is 6.35. The Morgan fingerprint density at radius 2 is 1.68 bits per heavy atom. The first kappa shape index (κ1) is 17.4. The zero-order chi connectivity index (χ0) is 18.2. The molecule has 1 unspecified atom stereocenters. The highest BCUT2D eigenvalue weighted by Gasteiger charge is 2.35. The third-order valence-corrected chi connectivity index (χ3v) is 5.31. The van der Waals surface area contributed by atoms with E-state index in [1.807, 2.05) is 0 Å². The van der Waals surface area contributed by atoms with E-state index in [0.29, 0.717) is 17.8 Å². The van der Waals surface area contributed by atoms with Gasteiger partial charge in [0.15, 0.2) is 11.6 Å². The first-order valence-electron chi connectivity index (χ1n) is 7.32. The summed E-state index contributed by atoms with van der Waals surface area (Å²) in [7, 11) is -4.19. The van der Waals surface area contributed by atoms with E-state index in [1.54, 1.807) is 0 Å². The fraction of sp³-hybridized carbons (Fsp3) is 0.188. The van der Waals surface area contributed by atoms with Gasteiger partial charge in [0.25, 0.3) is 0 Å². The van der Waals surface area contributed by atoms with Crippen molar-refractivity contribution in [1.29, 1.82) is 0 Å². The molecule has 0 saturated carbocycles. The van der Waals surface area contributed by atoms with E-state index in [0.717, 1.165) is 6.07 Å². The lowest BCUT2D eigenvalue weighted by Gasteiger charge is -2.17. The van der Waals surface area contributed by atoms with Crippen LogP contribution in [0.4, 0.5) is 18.9 Å². The maximum absolute atomic E-state index is 13.2. The molecule has 0 bridgehead atoms. The highest BCUT2D eigenvalue weighted by atomic mass is 32.2. The predicted octanol–water partition coefficient (Wildman–Crippen LogP) is 2.19. The van der Waals surface area contributed by atoms with Gasteiger partial charge >= 0.3 is 0 Å². The van der Waals surface area contributed by atoms with E-state index in [-0.39, 0.29) is 13.0 Å². The van der Waals surface area contributed by atoms with Crippen molar-refractivity contribution in [2.45, 2.75) is 17.4 Å². The Kier molecular flexibility index (Phi) is 4.53. The standard InChI is InChI=1S/C16H13F3N2O3S/c17-10-1-3-11(4-2-10)21-8-7-15(16(21)22)20-25(23,24)12-5-6-13(18)14(19)9-12/h1-6,9,15,20H,7-8H2. The second kappa shape index (κ2) is 6.49. The second-order valence-corrected chi connectivity index (χ2v) is 7.22. The summed E-state index contributed by atoms with van der Waals surface area (Å²) >= 11 is 0. The first-order chi connectivity index (χ1) is 11.8. The van der Waals surface area contributed by atoms with Crippen molar-refractivity contribution >= 4 is 21.6 Å². The summed E-state index contributed by atoms with van der Waals surface area (Å²) in [5.41, 5.74) is 0.445. The number of carbonyl (C=O) groups excluding carboxylic acids is 1. The van der Waals surface area contributed by atoms with Crippen LogP contribution in [0.1, 0.15) is 6.42 Å². The molecular formula is C16H13F3N2O3S. The van der Waals surface area contributed by atoms with E-state index < -0.39 is 44.3 Å². The van der Waals surface area contributed by atoms with Gasteiger partial charge in [-0.3, -0.25) is 4.79 Å². The van der Waals surface area contributed by atoms with E-state index in [2.05, 4.69) is 4.72 Å². The monoisotopic (exact) mass is 370 g/mol. The molecule has 0 aromatic heterocycles. The Balaban J connectivity index is 1.78. The minimum atomic E-state index is -4.19. The molecular weight excluding hydrogens is 357 g/mol. The summed E-state index contributed by atoms with van der Waals surface area (Å²) < 4.78 is 65.9. The molecule has 0 radical (unpaired) electrons. The molecule has 2 aromatic rings. The van der Waals surface area contributed by atoms with Gasteiger partial charge in [-0.2, -0.15) is 4.72 Å². The van der Waals surface area contributed by atoms with Crippen LogP contribution in [-0.4, -0.2) is 26.9 Å². The summed E-state index contributed by atoms with van der Waals surface area (Å²) in [5.74, 6) is -3.42. The number of rotatable bonds is 4. The van der Waals surface area contributed by atoms with Crippen molar-refractivity contribution in [2.24, 2.45) is 0 Å². The van der Waals surface area contributed by atoms with Gasteiger partial charge in [-0.25, -0.2) is 21.6 Å². The van der Waals surface area contributed by atoms with Crippen molar-refractivity contribution in [2.75, 3.05) is 11.4 Å². The van der Waals surface area contributed by atoms with Gasteiger partial charge in [0.2, 0.25) is 15.9 Å². The minimum Gasteiger partial charge on any atom is -0.311 e. The average Bonchev–Trinajstić information content (AvgIpc) is 2.91. The Morgan fingerprint density at radius 1 is 1.00 bits per heavy atom. The van der Waals surface area contributed by atoms with Crippen molar-refractivity contribution in [3.8, 4) is 0 Å². The second-order valence-electron chi connectivity index (χ2n) is 5.50. The van der Waals surface area contributed by atoms with Gasteiger partial charge in [-0.05, 0) is 48.9 Å². The molecule has 1 aliphatic heterocycles. The molecule has 1 heterocycles. The number of sulfonamides is 1. The zero-order valence-electron chi connectivity index (χ0n) is 12.7. The Morgan fingerprint density at radius 3 is 2.32 bits per heavy atom. The molecule has 5 nitrogen and oxygen atoms in total. The van der Waals surface area contributed by atoms with Crippen molar-refractivity contribution in [3.05, 3.63) is 59.9 Å². The maximum atomic E-state index is 13.2. The molecule has 3 rings (SSSR count). The average molecular weight is 370 g/mol. The zero-order valence-corrected chi connectivity index (χ0v) is 13.6. The third-order valence-electron chi connectivity index (χ3n) is 3.84. The molecule has 1 saturated heterocycles. The van der Waals surface area contributed by atoms with Crippen LogP contribution in [0.5, 0.6) is 0 Å². The van der Waals surface area contributed by atoms with Crippen LogP contribution in [0.2, 0.25) is 0 Å². The highest BCUT2D eigenvalue weighted by molar-refractivity contribution is 7.89. The van der Waals surface area contributed by atoms with Crippen LogP contribution in [0.3, 0.4) is 0 Å². The topological polar surface area (TPSA) is 66.5 Å². The molecule has 0 spiro atoms. The van der Waals surface area contributed by atoms with Gasteiger partial charge in [0.05, 0.1) is 4.90 Å². The fourth-order valence-electron chi connectivity index (χ4n) is 2.57. The highest BCUT2D eigenvalue weighted by Crippen LogP contribution is 2.23. The SMILES string of the molecule is O=C1C(NS(=O)(=O)c2ccc(F)c(F)c2)CCN1c1ccc(F)cc1. The number of anilines is 1. The number of halogens is 3. The van der Waals surface area contributed by atoms with Crippen molar-refractivity contribution in [1.82, 2.24) is 4.72 Å². The summed E-state index contributed by atoms with van der Waals surface area (Å²) in [5, 5.41) is 0. The largest absolute Gasteiger partial charge is 0.311 e. The number of amides is 1. The number of hydrogen-bond donors (Lipinski definition) is 1. The normalized spacial score (nSPS) is 18.0. The molecule has 0 aliphatic carbocycles. The van der Waals surface area contributed by atoms with E-state index in [9.17, 15) is 26.4 Å². The van der Waals surface area contributed by atoms with E-state index >= 15 is 0 Å². The Bertz CT molecular complexity index is 917. The summed E-state index contributed by atoms with van der Waals surface area (Å²) in [6.45, 7) is 0.245. The van der Waals surface area contributed by atoms with Crippen LogP contribution in [-0.2, 0) is 14.8 Å². The molecule has 25 heavy (non-hydrogen) atoms. The lowest BCUT2D eigenvalue weighted by Crippen LogP contribution is -2.41. The molecule has 1 amide bonds. The van der Waals surface area contributed by atoms with Crippen molar-refractivity contribution < 1.29 is 26.4 Å². The van der Waals surface area contributed by atoms with E-state index in [4.69, 9.17) is 0 Å². The molecule has 1 atom stereocenters. The number of hydrogen-bond acceptors (Lipinski definition) is 3. The maximum Gasteiger partial charge on any atom is 0.245 e. The van der Waals surface area contributed by atoms with Crippen LogP contribution >= 0.6 is 0 Å². The minimum absolute atomic E-state index is 0.194. The van der Waals surface area contributed by atoms with Gasteiger partial charge in [-0.1, -0.05) is 0 Å². The number of nitrogens with one attached hydrogen (secondary N) is 1. The molecule has 2 aromatic carbocycles. The summed E-state index contributed by atoms with van der Waals surface area (Å²) in [6.07, 6.45) is 0.194. The van der Waals surface area contributed by atoms with Gasteiger partial charge in [0.1, 0.15) is 11.9 Å². The smallest absolute Gasteiger partial charge is 0.245 e. The Labute approximate surface area is 142 Å². The molecule has 9 heteroatoms. The van der Waals surface area contributed by atoms with E-state index in [1.165, 1.54) is 29.2 Å². The molecule has 1 aliphatic rings. The third kappa shape index (κ3) is 3.52. The lowest BCUT2D eigenvalue weighted by molar-refractivity contribution is -0.118. The Hall–Kier alpha value is -2.39. The van der Waals surface area contributed by atoms with Crippen LogP contribution < -0.4 is 9.62 Å². The predicted molar refractivity (Wildman–Crippen MR) is 83.8 cm³/mol. The summed E-state index contributed by atoms with van der Waals surface area (Å²) in [4.78, 5) is 13.3. The molecule has 1 fully saturated rings. The number of carbonyl (C=O) groups is 1. The molecule has 1 N–H and O–H groups in total. The van der Waals surface area contributed by atoms with Crippen LogP contribution in [0.15, 0.2) is 47.4 Å². The van der Waals surface area contributed by atoms with Crippen LogP contribution in [0, 0.1) is 17.5 Å². The quantitative estimate of drug-likeness (QED) is 0.897. The number of nitrogens with zero attached hydrogens (tertiary/aromatic N) is 1. The number of benzene rings is 2. The first-order valence-corrected chi connectivity index (χ1v) is 8.80. The lowest BCUT2D eigenvalue weighted by atomic mass is 10.3.